The second kappa shape index (κ2) is 5.52. The summed E-state index contributed by atoms with van der Waals surface area (Å²) in [6.45, 7) is 6.66. The Morgan fingerprint density at radius 3 is 2.50 bits per heavy atom. The van der Waals surface area contributed by atoms with E-state index in [1.807, 2.05) is 11.3 Å². The monoisotopic (exact) mass is 211 g/mol. The summed E-state index contributed by atoms with van der Waals surface area (Å²) in [6.07, 6.45) is 2.40. The molecule has 0 aromatic carbocycles. The van der Waals surface area contributed by atoms with Gasteiger partial charge in [-0.1, -0.05) is 19.9 Å². The molecule has 1 aromatic rings. The molecule has 2 unspecified atom stereocenters. The zero-order valence-corrected chi connectivity index (χ0v) is 10.2. The predicted octanol–water partition coefficient (Wildman–Crippen LogP) is 3.30. The van der Waals surface area contributed by atoms with E-state index in [-0.39, 0.29) is 0 Å². The molecule has 2 atom stereocenters. The first-order valence-corrected chi connectivity index (χ1v) is 6.27. The number of nitrogens with two attached hydrogens (primary N) is 1. The molecule has 2 heteroatoms. The van der Waals surface area contributed by atoms with Gasteiger partial charge in [-0.3, -0.25) is 0 Å². The standard InChI is InChI=1S/C12H21NS/c1-9(2)12(10(3)13)7-6-11-5-4-8-14-11/h4-5,8-10,12H,6-7,13H2,1-3H3. The molecule has 0 saturated carbocycles. The van der Waals surface area contributed by atoms with Gasteiger partial charge in [0.1, 0.15) is 0 Å². The number of hydrogen-bond acceptors (Lipinski definition) is 2. The van der Waals surface area contributed by atoms with Crippen LogP contribution in [0.3, 0.4) is 0 Å². The average Bonchev–Trinajstić information content (AvgIpc) is 2.55. The summed E-state index contributed by atoms with van der Waals surface area (Å²) in [5.74, 6) is 1.34. The number of thiophene rings is 1. The lowest BCUT2D eigenvalue weighted by atomic mass is 9.86. The van der Waals surface area contributed by atoms with Crippen LogP contribution in [0.25, 0.3) is 0 Å². The number of hydrogen-bond donors (Lipinski definition) is 1. The Morgan fingerprint density at radius 2 is 2.07 bits per heavy atom. The molecule has 1 rings (SSSR count). The van der Waals surface area contributed by atoms with E-state index >= 15 is 0 Å². The van der Waals surface area contributed by atoms with Gasteiger partial charge in [-0.25, -0.2) is 0 Å². The number of rotatable bonds is 5. The second-order valence-corrected chi connectivity index (χ2v) is 5.42. The Hall–Kier alpha value is -0.340. The fourth-order valence-electron chi connectivity index (χ4n) is 1.97. The smallest absolute Gasteiger partial charge is 0.00453 e. The molecule has 1 nitrogen and oxygen atoms in total. The molecule has 0 bridgehead atoms. The summed E-state index contributed by atoms with van der Waals surface area (Å²) in [5.41, 5.74) is 5.98. The fraction of sp³-hybridized carbons (Fsp3) is 0.667. The van der Waals surface area contributed by atoms with E-state index in [0.29, 0.717) is 17.9 Å². The molecule has 0 radical (unpaired) electrons. The first kappa shape index (κ1) is 11.7. The van der Waals surface area contributed by atoms with Gasteiger partial charge >= 0.3 is 0 Å². The molecule has 1 aromatic heterocycles. The van der Waals surface area contributed by atoms with Gasteiger partial charge in [-0.2, -0.15) is 0 Å². The normalized spacial score (nSPS) is 15.8. The van der Waals surface area contributed by atoms with Gasteiger partial charge in [-0.15, -0.1) is 11.3 Å². The minimum Gasteiger partial charge on any atom is -0.328 e. The quantitative estimate of drug-likeness (QED) is 0.794. The van der Waals surface area contributed by atoms with Crippen LogP contribution >= 0.6 is 11.3 Å². The first-order chi connectivity index (χ1) is 6.61. The highest BCUT2D eigenvalue weighted by Gasteiger charge is 2.17. The fourth-order valence-corrected chi connectivity index (χ4v) is 2.69. The minimum absolute atomic E-state index is 0.315. The van der Waals surface area contributed by atoms with Gasteiger partial charge in [0.2, 0.25) is 0 Å². The van der Waals surface area contributed by atoms with E-state index in [9.17, 15) is 0 Å². The third-order valence-corrected chi connectivity index (χ3v) is 3.77. The van der Waals surface area contributed by atoms with Crippen LogP contribution in [0, 0.1) is 11.8 Å². The van der Waals surface area contributed by atoms with Gasteiger partial charge in [0.05, 0.1) is 0 Å². The summed E-state index contributed by atoms with van der Waals surface area (Å²) in [4.78, 5) is 1.48. The minimum atomic E-state index is 0.315. The summed E-state index contributed by atoms with van der Waals surface area (Å²) >= 11 is 1.85. The summed E-state index contributed by atoms with van der Waals surface area (Å²) in [6, 6.07) is 4.65. The van der Waals surface area contributed by atoms with E-state index < -0.39 is 0 Å². The van der Waals surface area contributed by atoms with Crippen molar-refractivity contribution < 1.29 is 0 Å². The molecule has 1 heterocycles. The van der Waals surface area contributed by atoms with Gasteiger partial charge in [0, 0.05) is 10.9 Å². The van der Waals surface area contributed by atoms with Crippen LogP contribution < -0.4 is 5.73 Å². The van der Waals surface area contributed by atoms with Crippen LogP contribution in [0.4, 0.5) is 0 Å². The highest BCUT2D eigenvalue weighted by Crippen LogP contribution is 2.22. The molecule has 80 valence electrons. The highest BCUT2D eigenvalue weighted by molar-refractivity contribution is 7.09. The van der Waals surface area contributed by atoms with Crippen molar-refractivity contribution in [2.24, 2.45) is 17.6 Å². The SMILES string of the molecule is CC(C)C(CCc1cccs1)C(C)N. The summed E-state index contributed by atoms with van der Waals surface area (Å²) in [5, 5.41) is 2.14. The van der Waals surface area contributed by atoms with E-state index in [2.05, 4.69) is 38.3 Å². The Bertz CT molecular complexity index is 231. The van der Waals surface area contributed by atoms with Crippen molar-refractivity contribution in [1.82, 2.24) is 0 Å². The molecule has 0 aliphatic carbocycles. The van der Waals surface area contributed by atoms with Gasteiger partial charge in [0.25, 0.3) is 0 Å². The van der Waals surface area contributed by atoms with Crippen LogP contribution in [0.15, 0.2) is 17.5 Å². The van der Waals surface area contributed by atoms with E-state index in [1.54, 1.807) is 0 Å². The third-order valence-electron chi connectivity index (χ3n) is 2.84. The maximum Gasteiger partial charge on any atom is 0.00453 e. The molecule has 0 saturated heterocycles. The van der Waals surface area contributed by atoms with Crippen LogP contribution in [0.5, 0.6) is 0 Å². The van der Waals surface area contributed by atoms with Crippen molar-refractivity contribution in [2.45, 2.75) is 39.7 Å². The average molecular weight is 211 g/mol. The van der Waals surface area contributed by atoms with E-state index in [4.69, 9.17) is 5.73 Å². The first-order valence-electron chi connectivity index (χ1n) is 5.39. The number of aryl methyl sites for hydroxylation is 1. The van der Waals surface area contributed by atoms with Gasteiger partial charge in [0.15, 0.2) is 0 Å². The van der Waals surface area contributed by atoms with Crippen molar-refractivity contribution >= 4 is 11.3 Å². The van der Waals surface area contributed by atoms with Crippen molar-refractivity contribution in [2.75, 3.05) is 0 Å². The molecule has 0 aliphatic rings. The largest absolute Gasteiger partial charge is 0.328 e. The molecular weight excluding hydrogens is 190 g/mol. The lowest BCUT2D eigenvalue weighted by molar-refractivity contribution is 0.312. The zero-order chi connectivity index (χ0) is 10.6. The zero-order valence-electron chi connectivity index (χ0n) is 9.36. The Kier molecular flexibility index (Phi) is 4.63. The van der Waals surface area contributed by atoms with E-state index in [1.165, 1.54) is 17.7 Å². The maximum atomic E-state index is 5.98. The molecule has 2 N–H and O–H groups in total. The van der Waals surface area contributed by atoms with Gasteiger partial charge < -0.3 is 5.73 Å². The molecule has 0 amide bonds. The Morgan fingerprint density at radius 1 is 1.36 bits per heavy atom. The molecule has 0 fully saturated rings. The maximum absolute atomic E-state index is 5.98. The van der Waals surface area contributed by atoms with Gasteiger partial charge in [-0.05, 0) is 43.0 Å². The van der Waals surface area contributed by atoms with Crippen LogP contribution in [0.2, 0.25) is 0 Å². The summed E-state index contributed by atoms with van der Waals surface area (Å²) < 4.78 is 0. The van der Waals surface area contributed by atoms with Crippen LogP contribution in [0.1, 0.15) is 32.1 Å². The highest BCUT2D eigenvalue weighted by atomic mass is 32.1. The lowest BCUT2D eigenvalue weighted by Crippen LogP contribution is -2.30. The van der Waals surface area contributed by atoms with Crippen molar-refractivity contribution in [1.29, 1.82) is 0 Å². The van der Waals surface area contributed by atoms with E-state index in [0.717, 1.165) is 0 Å². The second-order valence-electron chi connectivity index (χ2n) is 4.39. The molecule has 14 heavy (non-hydrogen) atoms. The Balaban J connectivity index is 2.41. The lowest BCUT2D eigenvalue weighted by Gasteiger charge is -2.24. The topological polar surface area (TPSA) is 26.0 Å². The van der Waals surface area contributed by atoms with Crippen molar-refractivity contribution in [3.8, 4) is 0 Å². The molecule has 0 aliphatic heterocycles. The predicted molar refractivity (Wildman–Crippen MR) is 64.6 cm³/mol. The molecular formula is C12H21NS. The van der Waals surface area contributed by atoms with Crippen molar-refractivity contribution in [3.63, 3.8) is 0 Å². The van der Waals surface area contributed by atoms with Crippen molar-refractivity contribution in [3.05, 3.63) is 22.4 Å². The van der Waals surface area contributed by atoms with Crippen LogP contribution in [-0.2, 0) is 6.42 Å². The Labute approximate surface area is 91.3 Å². The summed E-state index contributed by atoms with van der Waals surface area (Å²) in [7, 11) is 0. The molecule has 0 spiro atoms. The van der Waals surface area contributed by atoms with Crippen LogP contribution in [-0.4, -0.2) is 6.04 Å². The third kappa shape index (κ3) is 3.43.